The first-order valence-corrected chi connectivity index (χ1v) is 9.55. The second-order valence-corrected chi connectivity index (χ2v) is 8.16. The van der Waals surface area contributed by atoms with Crippen LogP contribution < -0.4 is 9.64 Å². The Labute approximate surface area is 165 Å². The van der Waals surface area contributed by atoms with Crippen molar-refractivity contribution in [2.45, 2.75) is 40.7 Å². The second kappa shape index (κ2) is 7.73. The van der Waals surface area contributed by atoms with E-state index in [-0.39, 0.29) is 22.9 Å². The molecule has 1 aliphatic heterocycles. The Morgan fingerprint density at radius 2 is 2.04 bits per heavy atom. The zero-order valence-corrected chi connectivity index (χ0v) is 17.1. The van der Waals surface area contributed by atoms with Crippen LogP contribution in [0.2, 0.25) is 0 Å². The Hall–Kier alpha value is -2.70. The molecule has 6 nitrogen and oxygen atoms in total. The maximum absolute atomic E-state index is 13.9. The van der Waals surface area contributed by atoms with Gasteiger partial charge in [-0.15, -0.1) is 0 Å². The molecule has 0 atom stereocenters. The number of ether oxygens (including phenoxy) is 1. The number of anilines is 1. The van der Waals surface area contributed by atoms with E-state index < -0.39 is 5.82 Å². The van der Waals surface area contributed by atoms with Crippen molar-refractivity contribution in [3.05, 3.63) is 42.1 Å². The molecule has 1 amide bonds. The van der Waals surface area contributed by atoms with E-state index in [1.54, 1.807) is 11.1 Å². The van der Waals surface area contributed by atoms with Gasteiger partial charge in [0.1, 0.15) is 17.9 Å². The number of carbonyl (C=O) groups excluding carboxylic acids is 1. The van der Waals surface area contributed by atoms with Crippen molar-refractivity contribution >= 4 is 11.7 Å². The highest BCUT2D eigenvalue weighted by Crippen LogP contribution is 2.39. The number of amides is 1. The Balaban J connectivity index is 1.93. The molecule has 1 aromatic heterocycles. The Morgan fingerprint density at radius 1 is 1.32 bits per heavy atom. The van der Waals surface area contributed by atoms with Crippen molar-refractivity contribution in [2.75, 3.05) is 24.5 Å². The smallest absolute Gasteiger partial charge is 0.257 e. The first-order chi connectivity index (χ1) is 13.2. The van der Waals surface area contributed by atoms with Gasteiger partial charge in [0.15, 0.2) is 11.6 Å². The number of aromatic nitrogens is 2. The summed E-state index contributed by atoms with van der Waals surface area (Å²) < 4.78 is 19.9. The van der Waals surface area contributed by atoms with Crippen molar-refractivity contribution in [1.82, 2.24) is 14.9 Å². The van der Waals surface area contributed by atoms with Crippen LogP contribution in [0.4, 0.5) is 10.2 Å². The summed E-state index contributed by atoms with van der Waals surface area (Å²) in [7, 11) is 0. The molecule has 3 rings (SSSR count). The third kappa shape index (κ3) is 4.08. The number of hydrogen-bond acceptors (Lipinski definition) is 5. The van der Waals surface area contributed by atoms with Crippen LogP contribution in [0.25, 0.3) is 0 Å². The minimum atomic E-state index is -0.482. The molecule has 0 unspecified atom stereocenters. The lowest BCUT2D eigenvalue weighted by Crippen LogP contribution is -2.53. The lowest BCUT2D eigenvalue weighted by atomic mass is 9.84. The summed E-state index contributed by atoms with van der Waals surface area (Å²) in [5.41, 5.74) is 0.410. The standard InChI is InChI=1S/C21H27FN4O2/c1-6-26(14(2)3)20(27)16-9-15(22)7-8-17(16)28-18-10-23-13-24-19(18)25-11-21(4,5)12-25/h7-10,13-14H,6,11-12H2,1-5H3. The number of rotatable bonds is 6. The first-order valence-electron chi connectivity index (χ1n) is 9.55. The number of halogens is 1. The van der Waals surface area contributed by atoms with Crippen molar-refractivity contribution in [1.29, 1.82) is 0 Å². The van der Waals surface area contributed by atoms with Crippen LogP contribution in [0, 0.1) is 11.2 Å². The maximum Gasteiger partial charge on any atom is 0.257 e. The number of nitrogens with zero attached hydrogens (tertiary/aromatic N) is 4. The topological polar surface area (TPSA) is 58.6 Å². The highest BCUT2D eigenvalue weighted by atomic mass is 19.1. The minimum Gasteiger partial charge on any atom is -0.451 e. The van der Waals surface area contributed by atoms with Crippen molar-refractivity contribution in [3.63, 3.8) is 0 Å². The molecule has 7 heteroatoms. The van der Waals surface area contributed by atoms with Crippen LogP contribution >= 0.6 is 0 Å². The Morgan fingerprint density at radius 3 is 2.64 bits per heavy atom. The van der Waals surface area contributed by atoms with Crippen LogP contribution in [-0.4, -0.2) is 46.5 Å². The summed E-state index contributed by atoms with van der Waals surface area (Å²) in [5.74, 6) is 0.667. The molecule has 0 spiro atoms. The summed E-state index contributed by atoms with van der Waals surface area (Å²) in [6.07, 6.45) is 3.05. The van der Waals surface area contributed by atoms with Gasteiger partial charge in [0.05, 0.1) is 11.8 Å². The lowest BCUT2D eigenvalue weighted by Gasteiger charge is -2.46. The molecular weight excluding hydrogens is 359 g/mol. The fourth-order valence-electron chi connectivity index (χ4n) is 3.53. The van der Waals surface area contributed by atoms with Gasteiger partial charge < -0.3 is 14.5 Å². The minimum absolute atomic E-state index is 0.00689. The van der Waals surface area contributed by atoms with E-state index in [1.165, 1.54) is 24.5 Å². The summed E-state index contributed by atoms with van der Waals surface area (Å²) >= 11 is 0. The van der Waals surface area contributed by atoms with Gasteiger partial charge in [0, 0.05) is 25.7 Å². The van der Waals surface area contributed by atoms with Crippen LogP contribution in [0.5, 0.6) is 11.5 Å². The van der Waals surface area contributed by atoms with Crippen molar-refractivity contribution in [2.24, 2.45) is 5.41 Å². The third-order valence-electron chi connectivity index (χ3n) is 4.81. The zero-order chi connectivity index (χ0) is 20.5. The van der Waals surface area contributed by atoms with E-state index in [9.17, 15) is 9.18 Å². The Kier molecular flexibility index (Phi) is 5.54. The van der Waals surface area contributed by atoms with Crippen molar-refractivity contribution in [3.8, 4) is 11.5 Å². The van der Waals surface area contributed by atoms with Gasteiger partial charge in [-0.1, -0.05) is 13.8 Å². The lowest BCUT2D eigenvalue weighted by molar-refractivity contribution is 0.0713. The highest BCUT2D eigenvalue weighted by Gasteiger charge is 2.36. The highest BCUT2D eigenvalue weighted by molar-refractivity contribution is 5.97. The van der Waals surface area contributed by atoms with Gasteiger partial charge in [-0.25, -0.2) is 14.4 Å². The van der Waals surface area contributed by atoms with E-state index >= 15 is 0 Å². The summed E-state index contributed by atoms with van der Waals surface area (Å²) in [6.45, 7) is 12.4. The molecule has 28 heavy (non-hydrogen) atoms. The van der Waals surface area contributed by atoms with Gasteiger partial charge in [0.25, 0.3) is 5.91 Å². The molecule has 1 fully saturated rings. The van der Waals surface area contributed by atoms with Crippen LogP contribution in [-0.2, 0) is 0 Å². The van der Waals surface area contributed by atoms with Crippen LogP contribution in [0.15, 0.2) is 30.7 Å². The quantitative estimate of drug-likeness (QED) is 0.747. The van der Waals surface area contributed by atoms with E-state index in [2.05, 4.69) is 28.7 Å². The van der Waals surface area contributed by atoms with Crippen LogP contribution in [0.1, 0.15) is 45.0 Å². The van der Waals surface area contributed by atoms with Gasteiger partial charge in [-0.05, 0) is 44.4 Å². The van der Waals surface area contributed by atoms with Gasteiger partial charge >= 0.3 is 0 Å². The predicted octanol–water partition coefficient (Wildman–Crippen LogP) is 4.12. The molecule has 0 aliphatic carbocycles. The van der Waals surface area contributed by atoms with Gasteiger partial charge in [-0.3, -0.25) is 4.79 Å². The number of benzene rings is 1. The summed E-state index contributed by atoms with van der Waals surface area (Å²) in [5, 5.41) is 0. The average Bonchev–Trinajstić information content (AvgIpc) is 2.61. The number of carbonyl (C=O) groups is 1. The van der Waals surface area contributed by atoms with Gasteiger partial charge in [0.2, 0.25) is 0 Å². The maximum atomic E-state index is 13.9. The molecule has 2 aromatic rings. The predicted molar refractivity (Wildman–Crippen MR) is 106 cm³/mol. The van der Waals surface area contributed by atoms with E-state index in [0.717, 1.165) is 13.1 Å². The first kappa shape index (κ1) is 20.0. The number of hydrogen-bond donors (Lipinski definition) is 0. The SMILES string of the molecule is CCN(C(=O)c1cc(F)ccc1Oc1cncnc1N1CC(C)(C)C1)C(C)C. The molecule has 0 radical (unpaired) electrons. The van der Waals surface area contributed by atoms with Crippen LogP contribution in [0.3, 0.4) is 0 Å². The van der Waals surface area contributed by atoms with E-state index in [1.807, 2.05) is 20.8 Å². The average molecular weight is 386 g/mol. The van der Waals surface area contributed by atoms with Gasteiger partial charge in [-0.2, -0.15) is 0 Å². The zero-order valence-electron chi connectivity index (χ0n) is 17.1. The molecule has 1 aromatic carbocycles. The molecule has 2 heterocycles. The molecule has 1 aliphatic rings. The van der Waals surface area contributed by atoms with Crippen molar-refractivity contribution < 1.29 is 13.9 Å². The monoisotopic (exact) mass is 386 g/mol. The molecule has 0 N–H and O–H groups in total. The second-order valence-electron chi connectivity index (χ2n) is 8.16. The van der Waals surface area contributed by atoms with E-state index in [0.29, 0.717) is 23.9 Å². The molecule has 0 saturated carbocycles. The molecule has 0 bridgehead atoms. The molecular formula is C21H27FN4O2. The normalized spacial score (nSPS) is 15.3. The fourth-order valence-corrected chi connectivity index (χ4v) is 3.53. The summed E-state index contributed by atoms with van der Waals surface area (Å²) in [4.78, 5) is 25.2. The Bertz CT molecular complexity index is 861. The fraction of sp³-hybridized carbons (Fsp3) is 0.476. The largest absolute Gasteiger partial charge is 0.451 e. The third-order valence-corrected chi connectivity index (χ3v) is 4.81. The molecule has 1 saturated heterocycles. The van der Waals surface area contributed by atoms with E-state index in [4.69, 9.17) is 4.74 Å². The summed E-state index contributed by atoms with van der Waals surface area (Å²) in [6, 6.07) is 3.98. The molecule has 150 valence electrons.